The van der Waals surface area contributed by atoms with E-state index in [0.717, 1.165) is 25.9 Å². The van der Waals surface area contributed by atoms with Crippen LogP contribution in [0.5, 0.6) is 0 Å². The second kappa shape index (κ2) is 6.37. The molecule has 4 nitrogen and oxygen atoms in total. The van der Waals surface area contributed by atoms with Crippen molar-refractivity contribution < 1.29 is 20.0 Å². The van der Waals surface area contributed by atoms with Gasteiger partial charge in [-0.05, 0) is 19.4 Å². The first-order chi connectivity index (χ1) is 9.50. The molecule has 0 aromatic heterocycles. The number of hydrogen-bond acceptors (Lipinski definition) is 3. The van der Waals surface area contributed by atoms with Gasteiger partial charge in [-0.15, -0.1) is 0 Å². The van der Waals surface area contributed by atoms with Crippen LogP contribution in [-0.4, -0.2) is 29.8 Å². The summed E-state index contributed by atoms with van der Waals surface area (Å²) in [4.78, 5) is 12.1. The van der Waals surface area contributed by atoms with E-state index in [1.165, 1.54) is 0 Å². The zero-order chi connectivity index (χ0) is 14.6. The normalized spacial score (nSPS) is 18.6. The average molecular weight is 278 g/mol. The van der Waals surface area contributed by atoms with E-state index >= 15 is 0 Å². The molecule has 20 heavy (non-hydrogen) atoms. The third kappa shape index (κ3) is 3.58. The van der Waals surface area contributed by atoms with E-state index < -0.39 is 17.7 Å². The van der Waals surface area contributed by atoms with Gasteiger partial charge in [-0.3, -0.25) is 0 Å². The fourth-order valence-electron chi connectivity index (χ4n) is 2.79. The van der Waals surface area contributed by atoms with Crippen molar-refractivity contribution in [3.63, 3.8) is 0 Å². The second-order valence-corrected chi connectivity index (χ2v) is 5.98. The van der Waals surface area contributed by atoms with Crippen molar-refractivity contribution in [2.45, 2.75) is 38.4 Å². The topological polar surface area (TPSA) is 63.1 Å². The van der Waals surface area contributed by atoms with Crippen LogP contribution >= 0.6 is 0 Å². The van der Waals surface area contributed by atoms with Crippen LogP contribution in [0.3, 0.4) is 0 Å². The standard InChI is InChI=1S/C16H23NO3/c1-16(2,13-8-10-17-11-9-13)20-15(19)14(18)12-6-4-3-5-7-12/h3-7,13-14,17-18H,8-11H2,1-2H3/p+1. The van der Waals surface area contributed by atoms with Crippen molar-refractivity contribution in [1.82, 2.24) is 0 Å². The molecule has 0 bridgehead atoms. The second-order valence-electron chi connectivity index (χ2n) is 5.98. The van der Waals surface area contributed by atoms with Crippen LogP contribution in [0.2, 0.25) is 0 Å². The molecule has 110 valence electrons. The lowest BCUT2D eigenvalue weighted by Gasteiger charge is -2.36. The summed E-state index contributed by atoms with van der Waals surface area (Å²) in [6.07, 6.45) is 0.884. The molecule has 0 aliphatic carbocycles. The van der Waals surface area contributed by atoms with Crippen molar-refractivity contribution in [3.05, 3.63) is 35.9 Å². The van der Waals surface area contributed by atoms with Gasteiger partial charge in [0.2, 0.25) is 0 Å². The molecule has 4 heteroatoms. The first-order valence-electron chi connectivity index (χ1n) is 7.28. The summed E-state index contributed by atoms with van der Waals surface area (Å²) in [6.45, 7) is 6.04. The van der Waals surface area contributed by atoms with Gasteiger partial charge in [-0.1, -0.05) is 30.3 Å². The summed E-state index contributed by atoms with van der Waals surface area (Å²) in [5.41, 5.74) is 0.0476. The van der Waals surface area contributed by atoms with Gasteiger partial charge >= 0.3 is 5.97 Å². The van der Waals surface area contributed by atoms with Gasteiger partial charge in [0.15, 0.2) is 6.10 Å². The summed E-state index contributed by atoms with van der Waals surface area (Å²) in [5, 5.41) is 12.4. The smallest absolute Gasteiger partial charge is 0.340 e. The van der Waals surface area contributed by atoms with Gasteiger partial charge in [-0.25, -0.2) is 4.79 Å². The van der Waals surface area contributed by atoms with Crippen LogP contribution in [0.4, 0.5) is 0 Å². The maximum absolute atomic E-state index is 12.1. The number of aliphatic hydroxyl groups is 1. The maximum Gasteiger partial charge on any atom is 0.340 e. The number of quaternary nitrogens is 1. The molecule has 1 aromatic rings. The molecule has 2 rings (SSSR count). The first-order valence-corrected chi connectivity index (χ1v) is 7.28. The van der Waals surface area contributed by atoms with Gasteiger partial charge in [0.25, 0.3) is 0 Å². The van der Waals surface area contributed by atoms with E-state index in [0.29, 0.717) is 11.5 Å². The van der Waals surface area contributed by atoms with Gasteiger partial charge in [0.05, 0.1) is 13.1 Å². The fraction of sp³-hybridized carbons (Fsp3) is 0.562. The summed E-state index contributed by atoms with van der Waals surface area (Å²) in [6, 6.07) is 8.91. The molecule has 1 heterocycles. The van der Waals surface area contributed by atoms with Crippen molar-refractivity contribution >= 4 is 5.97 Å². The Balaban J connectivity index is 1.99. The van der Waals surface area contributed by atoms with Crippen molar-refractivity contribution in [3.8, 4) is 0 Å². The third-order valence-corrected chi connectivity index (χ3v) is 4.12. The lowest BCUT2D eigenvalue weighted by Crippen LogP contribution is -2.86. The van der Waals surface area contributed by atoms with Crippen LogP contribution in [0.15, 0.2) is 30.3 Å². The molecule has 0 radical (unpaired) electrons. The van der Waals surface area contributed by atoms with Gasteiger partial charge in [-0.2, -0.15) is 0 Å². The van der Waals surface area contributed by atoms with Crippen LogP contribution in [-0.2, 0) is 9.53 Å². The largest absolute Gasteiger partial charge is 0.457 e. The Morgan fingerprint density at radius 1 is 1.30 bits per heavy atom. The number of carbonyl (C=O) groups is 1. The van der Waals surface area contributed by atoms with E-state index in [4.69, 9.17) is 4.74 Å². The van der Waals surface area contributed by atoms with E-state index in [-0.39, 0.29) is 0 Å². The number of ether oxygens (including phenoxy) is 1. The van der Waals surface area contributed by atoms with Gasteiger partial charge in [0.1, 0.15) is 5.60 Å². The SMILES string of the molecule is CC(C)(OC(=O)C(O)c1ccccc1)C1CC[NH2+]CC1. The molecule has 1 fully saturated rings. The molecule has 1 unspecified atom stereocenters. The molecule has 1 saturated heterocycles. The molecular weight excluding hydrogens is 254 g/mol. The minimum absolute atomic E-state index is 0.361. The highest BCUT2D eigenvalue weighted by atomic mass is 16.6. The zero-order valence-electron chi connectivity index (χ0n) is 12.2. The summed E-state index contributed by atoms with van der Waals surface area (Å²) in [7, 11) is 0. The molecule has 1 aromatic carbocycles. The van der Waals surface area contributed by atoms with Crippen LogP contribution < -0.4 is 5.32 Å². The third-order valence-electron chi connectivity index (χ3n) is 4.12. The fourth-order valence-corrected chi connectivity index (χ4v) is 2.79. The molecule has 0 amide bonds. The summed E-state index contributed by atoms with van der Waals surface area (Å²) >= 11 is 0. The Kier molecular flexibility index (Phi) is 4.78. The first kappa shape index (κ1) is 15.0. The quantitative estimate of drug-likeness (QED) is 0.808. The number of rotatable bonds is 4. The number of piperidine rings is 1. The van der Waals surface area contributed by atoms with E-state index in [1.807, 2.05) is 19.9 Å². The lowest BCUT2D eigenvalue weighted by molar-refractivity contribution is -0.665. The maximum atomic E-state index is 12.1. The van der Waals surface area contributed by atoms with Crippen molar-refractivity contribution in [1.29, 1.82) is 0 Å². The Hall–Kier alpha value is -1.39. The summed E-state index contributed by atoms with van der Waals surface area (Å²) in [5.74, 6) is -0.199. The number of benzene rings is 1. The Labute approximate surface area is 120 Å². The average Bonchev–Trinajstić information content (AvgIpc) is 2.48. The minimum Gasteiger partial charge on any atom is -0.457 e. The highest BCUT2D eigenvalue weighted by Gasteiger charge is 2.36. The van der Waals surface area contributed by atoms with Gasteiger partial charge in [0, 0.05) is 18.8 Å². The zero-order valence-corrected chi connectivity index (χ0v) is 12.2. The van der Waals surface area contributed by atoms with Crippen LogP contribution in [0.25, 0.3) is 0 Å². The Morgan fingerprint density at radius 2 is 1.90 bits per heavy atom. The molecule has 1 aliphatic heterocycles. The molecule has 0 saturated carbocycles. The van der Waals surface area contributed by atoms with E-state index in [9.17, 15) is 9.90 Å². The molecule has 1 aliphatic rings. The predicted molar refractivity (Wildman–Crippen MR) is 76.0 cm³/mol. The van der Waals surface area contributed by atoms with Crippen LogP contribution in [0.1, 0.15) is 38.4 Å². The number of carbonyl (C=O) groups excluding carboxylic acids is 1. The number of esters is 1. The van der Waals surface area contributed by atoms with Crippen molar-refractivity contribution in [2.24, 2.45) is 5.92 Å². The number of nitrogens with two attached hydrogens (primary N) is 1. The molecular formula is C16H24NO3+. The van der Waals surface area contributed by atoms with E-state index in [1.54, 1.807) is 24.3 Å². The number of hydrogen-bond donors (Lipinski definition) is 2. The molecule has 0 spiro atoms. The monoisotopic (exact) mass is 278 g/mol. The predicted octanol–water partition coefficient (Wildman–Crippen LogP) is 1.02. The molecule has 3 N–H and O–H groups in total. The van der Waals surface area contributed by atoms with E-state index in [2.05, 4.69) is 5.32 Å². The Morgan fingerprint density at radius 3 is 2.50 bits per heavy atom. The summed E-state index contributed by atoms with van der Waals surface area (Å²) < 4.78 is 5.59. The highest BCUT2D eigenvalue weighted by molar-refractivity contribution is 5.76. The Bertz CT molecular complexity index is 438. The highest BCUT2D eigenvalue weighted by Crippen LogP contribution is 2.29. The van der Waals surface area contributed by atoms with Crippen LogP contribution in [0, 0.1) is 5.92 Å². The van der Waals surface area contributed by atoms with Crippen molar-refractivity contribution in [2.75, 3.05) is 13.1 Å². The van der Waals surface area contributed by atoms with Gasteiger partial charge < -0.3 is 15.2 Å². The lowest BCUT2D eigenvalue weighted by atomic mass is 9.83. The number of aliphatic hydroxyl groups excluding tert-OH is 1. The molecule has 1 atom stereocenters. The minimum atomic E-state index is -1.20.